The molecule has 2 amide bonds. The van der Waals surface area contributed by atoms with Crippen LogP contribution in [0.25, 0.3) is 0 Å². The quantitative estimate of drug-likeness (QED) is 0.556. The summed E-state index contributed by atoms with van der Waals surface area (Å²) < 4.78 is 5.12. The summed E-state index contributed by atoms with van der Waals surface area (Å²) in [5.41, 5.74) is 5.07. The Bertz CT molecular complexity index is 219. The van der Waals surface area contributed by atoms with Gasteiger partial charge in [0.1, 0.15) is 0 Å². The predicted octanol–water partition coefficient (Wildman–Crippen LogP) is 0.245. The van der Waals surface area contributed by atoms with Gasteiger partial charge in [-0.05, 0) is 19.8 Å². The third-order valence-corrected chi connectivity index (χ3v) is 2.11. The van der Waals surface area contributed by atoms with Crippen molar-refractivity contribution >= 4 is 11.8 Å². The van der Waals surface area contributed by atoms with Gasteiger partial charge in [0.2, 0.25) is 11.8 Å². The van der Waals surface area contributed by atoms with Crippen molar-refractivity contribution in [3.05, 3.63) is 6.42 Å². The number of primary amides is 1. The number of amides is 2. The highest BCUT2D eigenvalue weighted by Gasteiger charge is 2.11. The zero-order valence-electron chi connectivity index (χ0n) is 9.99. The molecule has 0 rings (SSSR count). The second-order valence-corrected chi connectivity index (χ2v) is 3.58. The first-order valence-electron chi connectivity index (χ1n) is 5.56. The molecule has 0 aromatic rings. The van der Waals surface area contributed by atoms with Gasteiger partial charge in [-0.1, -0.05) is 6.92 Å². The maximum Gasteiger partial charge on any atom is 0.223 e. The van der Waals surface area contributed by atoms with Gasteiger partial charge in [-0.15, -0.1) is 0 Å². The normalized spacial score (nSPS) is 12.1. The summed E-state index contributed by atoms with van der Waals surface area (Å²) in [5.74, 6) is -0.848. The standard InChI is InChI=1S/C11H21N2O3/c1-3-16-8-4-7-13-10(14)6-5-9(2)11(12)15/h6,9H,3-5,7-8H2,1-2H3,(H2,12,15)(H,13,14)/t9-/m0/s1. The van der Waals surface area contributed by atoms with Crippen LogP contribution in [-0.2, 0) is 14.3 Å². The van der Waals surface area contributed by atoms with E-state index in [-0.39, 0.29) is 17.7 Å². The van der Waals surface area contributed by atoms with E-state index in [1.807, 2.05) is 6.92 Å². The van der Waals surface area contributed by atoms with E-state index in [0.29, 0.717) is 26.2 Å². The number of nitrogens with one attached hydrogen (secondary N) is 1. The molecule has 1 radical (unpaired) electrons. The Morgan fingerprint density at radius 1 is 1.50 bits per heavy atom. The lowest BCUT2D eigenvalue weighted by Crippen LogP contribution is -2.28. The number of carbonyl (C=O) groups is 2. The molecular weight excluding hydrogens is 208 g/mol. The van der Waals surface area contributed by atoms with Gasteiger partial charge in [-0.2, -0.15) is 0 Å². The Kier molecular flexibility index (Phi) is 8.52. The van der Waals surface area contributed by atoms with Crippen LogP contribution in [0.5, 0.6) is 0 Å². The van der Waals surface area contributed by atoms with Gasteiger partial charge in [0.25, 0.3) is 0 Å². The summed E-state index contributed by atoms with van der Waals surface area (Å²) in [4.78, 5) is 21.9. The van der Waals surface area contributed by atoms with E-state index in [2.05, 4.69) is 5.32 Å². The van der Waals surface area contributed by atoms with Gasteiger partial charge < -0.3 is 15.8 Å². The van der Waals surface area contributed by atoms with Crippen molar-refractivity contribution in [2.45, 2.75) is 26.7 Å². The van der Waals surface area contributed by atoms with Gasteiger partial charge in [-0.3, -0.25) is 9.59 Å². The minimum atomic E-state index is -0.389. The number of rotatable bonds is 9. The highest BCUT2D eigenvalue weighted by Crippen LogP contribution is 2.02. The SMILES string of the molecule is CCOCCCNC(=O)[CH]C[C@H](C)C(N)=O. The van der Waals surface area contributed by atoms with Crippen molar-refractivity contribution in [1.29, 1.82) is 0 Å². The molecule has 0 spiro atoms. The van der Waals surface area contributed by atoms with Gasteiger partial charge in [0.05, 0.1) is 6.42 Å². The van der Waals surface area contributed by atoms with E-state index in [4.69, 9.17) is 10.5 Å². The topological polar surface area (TPSA) is 81.4 Å². The first-order valence-corrected chi connectivity index (χ1v) is 5.56. The van der Waals surface area contributed by atoms with Crippen LogP contribution >= 0.6 is 0 Å². The fourth-order valence-corrected chi connectivity index (χ4v) is 1.00. The third-order valence-electron chi connectivity index (χ3n) is 2.11. The van der Waals surface area contributed by atoms with E-state index >= 15 is 0 Å². The van der Waals surface area contributed by atoms with Gasteiger partial charge in [-0.25, -0.2) is 0 Å². The Hall–Kier alpha value is -1.10. The monoisotopic (exact) mass is 229 g/mol. The van der Waals surface area contributed by atoms with Crippen LogP contribution in [0.4, 0.5) is 0 Å². The van der Waals surface area contributed by atoms with Crippen molar-refractivity contribution in [2.75, 3.05) is 19.8 Å². The Labute approximate surface area is 96.7 Å². The molecule has 0 aromatic carbocycles. The minimum absolute atomic E-state index is 0.162. The van der Waals surface area contributed by atoms with E-state index in [1.165, 1.54) is 6.42 Å². The second-order valence-electron chi connectivity index (χ2n) is 3.58. The van der Waals surface area contributed by atoms with Crippen LogP contribution in [0.1, 0.15) is 26.7 Å². The lowest BCUT2D eigenvalue weighted by Gasteiger charge is -2.07. The first-order chi connectivity index (χ1) is 7.57. The molecule has 0 aromatic heterocycles. The van der Waals surface area contributed by atoms with Crippen molar-refractivity contribution in [3.63, 3.8) is 0 Å². The zero-order chi connectivity index (χ0) is 12.4. The molecule has 0 bridgehead atoms. The Morgan fingerprint density at radius 3 is 2.75 bits per heavy atom. The van der Waals surface area contributed by atoms with Crippen LogP contribution in [0, 0.1) is 12.3 Å². The van der Waals surface area contributed by atoms with Crippen molar-refractivity contribution in [1.82, 2.24) is 5.32 Å². The number of hydrogen-bond donors (Lipinski definition) is 2. The molecule has 5 nitrogen and oxygen atoms in total. The molecule has 5 heteroatoms. The Balaban J connectivity index is 3.41. The molecule has 93 valence electrons. The zero-order valence-corrected chi connectivity index (χ0v) is 9.99. The van der Waals surface area contributed by atoms with Crippen LogP contribution in [0.3, 0.4) is 0 Å². The summed E-state index contributed by atoms with van der Waals surface area (Å²) in [6, 6.07) is 0. The molecule has 0 saturated heterocycles. The van der Waals surface area contributed by atoms with E-state index < -0.39 is 0 Å². The highest BCUT2D eigenvalue weighted by atomic mass is 16.5. The van der Waals surface area contributed by atoms with Gasteiger partial charge in [0, 0.05) is 25.7 Å². The first kappa shape index (κ1) is 14.9. The van der Waals surface area contributed by atoms with E-state index in [1.54, 1.807) is 6.92 Å². The molecule has 1 atom stereocenters. The van der Waals surface area contributed by atoms with Crippen molar-refractivity contribution < 1.29 is 14.3 Å². The molecule has 0 unspecified atom stereocenters. The largest absolute Gasteiger partial charge is 0.382 e. The maximum absolute atomic E-state index is 11.2. The number of carbonyl (C=O) groups excluding carboxylic acids is 2. The number of ether oxygens (including phenoxy) is 1. The van der Waals surface area contributed by atoms with Gasteiger partial charge in [0.15, 0.2) is 0 Å². The summed E-state index contributed by atoms with van der Waals surface area (Å²) in [6.45, 7) is 5.55. The number of hydrogen-bond acceptors (Lipinski definition) is 3. The lowest BCUT2D eigenvalue weighted by atomic mass is 10.1. The lowest BCUT2D eigenvalue weighted by molar-refractivity contribution is -0.121. The fraction of sp³-hybridized carbons (Fsp3) is 0.727. The van der Waals surface area contributed by atoms with Gasteiger partial charge >= 0.3 is 0 Å². The van der Waals surface area contributed by atoms with Crippen molar-refractivity contribution in [2.24, 2.45) is 11.7 Å². The third kappa shape index (κ3) is 8.23. The maximum atomic E-state index is 11.2. The van der Waals surface area contributed by atoms with E-state index in [0.717, 1.165) is 6.42 Å². The van der Waals surface area contributed by atoms with Crippen molar-refractivity contribution in [3.8, 4) is 0 Å². The highest BCUT2D eigenvalue weighted by molar-refractivity contribution is 5.85. The average Bonchev–Trinajstić information content (AvgIpc) is 2.25. The molecule has 0 aliphatic rings. The molecular formula is C11H21N2O3. The fourth-order valence-electron chi connectivity index (χ4n) is 1.00. The smallest absolute Gasteiger partial charge is 0.223 e. The molecule has 0 saturated carbocycles. The van der Waals surface area contributed by atoms with Crippen LogP contribution in [0.15, 0.2) is 0 Å². The summed E-state index contributed by atoms with van der Waals surface area (Å²) in [5, 5.41) is 2.71. The second kappa shape index (κ2) is 9.15. The Morgan fingerprint density at radius 2 is 2.19 bits per heavy atom. The van der Waals surface area contributed by atoms with Crippen LogP contribution in [0.2, 0.25) is 0 Å². The molecule has 16 heavy (non-hydrogen) atoms. The summed E-state index contributed by atoms with van der Waals surface area (Å²) in [7, 11) is 0. The van der Waals surface area contributed by atoms with E-state index in [9.17, 15) is 9.59 Å². The van der Waals surface area contributed by atoms with Crippen LogP contribution < -0.4 is 11.1 Å². The molecule has 0 aliphatic carbocycles. The molecule has 0 fully saturated rings. The van der Waals surface area contributed by atoms with Crippen LogP contribution in [-0.4, -0.2) is 31.6 Å². The predicted molar refractivity (Wildman–Crippen MR) is 61.4 cm³/mol. The summed E-state index contributed by atoms with van der Waals surface area (Å²) >= 11 is 0. The number of nitrogens with two attached hydrogens (primary N) is 1. The molecule has 0 heterocycles. The molecule has 3 N–H and O–H groups in total. The molecule has 0 aliphatic heterocycles. The minimum Gasteiger partial charge on any atom is -0.382 e. The average molecular weight is 229 g/mol. The summed E-state index contributed by atoms with van der Waals surface area (Å²) in [6.07, 6.45) is 2.63.